The van der Waals surface area contributed by atoms with Crippen LogP contribution in [0.3, 0.4) is 0 Å². The van der Waals surface area contributed by atoms with Crippen LogP contribution in [0.5, 0.6) is 0 Å². The summed E-state index contributed by atoms with van der Waals surface area (Å²) >= 11 is 0. The van der Waals surface area contributed by atoms with Gasteiger partial charge in [0, 0.05) is 11.1 Å². The maximum absolute atomic E-state index is 12.4. The highest BCUT2D eigenvalue weighted by Crippen LogP contribution is 2.18. The van der Waals surface area contributed by atoms with Gasteiger partial charge in [0.05, 0.1) is 11.1 Å². The van der Waals surface area contributed by atoms with Gasteiger partial charge in [-0.05, 0) is 25.5 Å². The topological polar surface area (TPSA) is 79.3 Å². The number of pyridine rings is 1. The van der Waals surface area contributed by atoms with E-state index >= 15 is 0 Å². The van der Waals surface area contributed by atoms with Crippen molar-refractivity contribution in [3.8, 4) is 0 Å². The SMILES string of the molecule is C=CCC(NC(=O)c1cc(C)nc2ccccc12)C(=O)O. The van der Waals surface area contributed by atoms with Gasteiger partial charge in [-0.1, -0.05) is 24.3 Å². The van der Waals surface area contributed by atoms with E-state index in [1.54, 1.807) is 19.1 Å². The van der Waals surface area contributed by atoms with E-state index in [1.807, 2.05) is 18.2 Å². The number of carbonyl (C=O) groups is 2. The number of aromatic nitrogens is 1. The van der Waals surface area contributed by atoms with Crippen molar-refractivity contribution < 1.29 is 14.7 Å². The number of nitrogens with one attached hydrogen (secondary N) is 1. The van der Waals surface area contributed by atoms with Crippen LogP contribution in [-0.4, -0.2) is 28.0 Å². The molecule has 0 fully saturated rings. The van der Waals surface area contributed by atoms with Gasteiger partial charge in [-0.25, -0.2) is 4.79 Å². The van der Waals surface area contributed by atoms with Crippen molar-refractivity contribution in [1.29, 1.82) is 0 Å². The second-order valence-corrected chi connectivity index (χ2v) is 4.72. The minimum absolute atomic E-state index is 0.170. The number of nitrogens with zero attached hydrogens (tertiary/aromatic N) is 1. The second-order valence-electron chi connectivity index (χ2n) is 4.72. The van der Waals surface area contributed by atoms with E-state index in [9.17, 15) is 9.59 Å². The molecule has 1 aromatic heterocycles. The summed E-state index contributed by atoms with van der Waals surface area (Å²) in [5, 5.41) is 12.3. The molecule has 21 heavy (non-hydrogen) atoms. The number of carbonyl (C=O) groups excluding carboxylic acids is 1. The van der Waals surface area contributed by atoms with Gasteiger partial charge in [0.25, 0.3) is 5.91 Å². The van der Waals surface area contributed by atoms with Crippen molar-refractivity contribution in [2.45, 2.75) is 19.4 Å². The van der Waals surface area contributed by atoms with Crippen molar-refractivity contribution in [1.82, 2.24) is 10.3 Å². The van der Waals surface area contributed by atoms with E-state index in [0.717, 1.165) is 0 Å². The molecule has 5 nitrogen and oxygen atoms in total. The normalized spacial score (nSPS) is 11.9. The fourth-order valence-corrected chi connectivity index (χ4v) is 2.12. The van der Waals surface area contributed by atoms with Gasteiger partial charge in [-0.2, -0.15) is 0 Å². The van der Waals surface area contributed by atoms with Gasteiger partial charge in [0.2, 0.25) is 0 Å². The van der Waals surface area contributed by atoms with Crippen LogP contribution in [0.2, 0.25) is 0 Å². The standard InChI is InChI=1S/C16H16N2O3/c1-3-6-14(16(20)21)18-15(19)12-9-10(2)17-13-8-5-4-7-11(12)13/h3-5,7-9,14H,1,6H2,2H3,(H,18,19)(H,20,21). The molecule has 0 bridgehead atoms. The summed E-state index contributed by atoms with van der Waals surface area (Å²) in [4.78, 5) is 27.8. The molecule has 1 amide bonds. The zero-order chi connectivity index (χ0) is 15.4. The number of para-hydroxylation sites is 1. The lowest BCUT2D eigenvalue weighted by atomic mass is 10.1. The summed E-state index contributed by atoms with van der Waals surface area (Å²) < 4.78 is 0. The van der Waals surface area contributed by atoms with E-state index in [-0.39, 0.29) is 6.42 Å². The average molecular weight is 284 g/mol. The van der Waals surface area contributed by atoms with Crippen molar-refractivity contribution in [2.75, 3.05) is 0 Å². The minimum atomic E-state index is -1.08. The third-order valence-corrected chi connectivity index (χ3v) is 3.09. The van der Waals surface area contributed by atoms with Crippen LogP contribution in [0.1, 0.15) is 22.5 Å². The first-order valence-corrected chi connectivity index (χ1v) is 6.54. The Morgan fingerprint density at radius 2 is 2.14 bits per heavy atom. The van der Waals surface area contributed by atoms with Gasteiger partial charge in [0.15, 0.2) is 0 Å². The van der Waals surface area contributed by atoms with E-state index in [0.29, 0.717) is 22.2 Å². The van der Waals surface area contributed by atoms with Gasteiger partial charge < -0.3 is 10.4 Å². The molecule has 0 saturated carbocycles. The molecule has 0 saturated heterocycles. The Bertz CT molecular complexity index is 710. The molecule has 0 radical (unpaired) electrons. The number of carboxylic acids is 1. The summed E-state index contributed by atoms with van der Waals surface area (Å²) in [6.07, 6.45) is 1.64. The van der Waals surface area contributed by atoms with Crippen LogP contribution in [-0.2, 0) is 4.79 Å². The summed E-state index contributed by atoms with van der Waals surface area (Å²) in [5.74, 6) is -1.51. The first kappa shape index (κ1) is 14.7. The molecular formula is C16H16N2O3. The fraction of sp³-hybridized carbons (Fsp3) is 0.188. The number of benzene rings is 1. The van der Waals surface area contributed by atoms with E-state index in [2.05, 4.69) is 16.9 Å². The molecule has 1 heterocycles. The molecule has 1 atom stereocenters. The molecule has 0 aliphatic heterocycles. The minimum Gasteiger partial charge on any atom is -0.480 e. The molecule has 5 heteroatoms. The summed E-state index contributed by atoms with van der Waals surface area (Å²) in [7, 11) is 0. The van der Waals surface area contributed by atoms with E-state index in [1.165, 1.54) is 6.08 Å². The molecule has 0 spiro atoms. The molecule has 1 aromatic carbocycles. The molecular weight excluding hydrogens is 268 g/mol. The average Bonchev–Trinajstić information content (AvgIpc) is 2.45. The lowest BCUT2D eigenvalue weighted by Gasteiger charge is -2.14. The maximum atomic E-state index is 12.4. The Kier molecular flexibility index (Phi) is 4.33. The molecule has 2 rings (SSSR count). The van der Waals surface area contributed by atoms with Crippen LogP contribution in [0.15, 0.2) is 43.0 Å². The van der Waals surface area contributed by atoms with Crippen molar-refractivity contribution in [3.63, 3.8) is 0 Å². The number of fused-ring (bicyclic) bond motifs is 1. The predicted octanol–water partition coefficient (Wildman–Crippen LogP) is 2.30. The van der Waals surface area contributed by atoms with Gasteiger partial charge in [-0.3, -0.25) is 9.78 Å². The first-order valence-electron chi connectivity index (χ1n) is 6.54. The Labute approximate surface area is 122 Å². The van der Waals surface area contributed by atoms with Crippen LogP contribution in [0.4, 0.5) is 0 Å². The third-order valence-electron chi connectivity index (χ3n) is 3.09. The van der Waals surface area contributed by atoms with Crippen molar-refractivity contribution in [3.05, 3.63) is 54.2 Å². The highest BCUT2D eigenvalue weighted by molar-refractivity contribution is 6.07. The Morgan fingerprint density at radius 1 is 1.43 bits per heavy atom. The predicted molar refractivity (Wildman–Crippen MR) is 80.2 cm³/mol. The largest absolute Gasteiger partial charge is 0.480 e. The zero-order valence-electron chi connectivity index (χ0n) is 11.7. The van der Waals surface area contributed by atoms with Gasteiger partial charge >= 0.3 is 5.97 Å². The van der Waals surface area contributed by atoms with Crippen LogP contribution in [0, 0.1) is 6.92 Å². The summed E-state index contributed by atoms with van der Waals surface area (Å²) in [5.41, 5.74) is 1.83. The number of amides is 1. The zero-order valence-corrected chi connectivity index (χ0v) is 11.7. The van der Waals surface area contributed by atoms with Crippen molar-refractivity contribution in [2.24, 2.45) is 0 Å². The molecule has 2 aromatic rings. The lowest BCUT2D eigenvalue weighted by Crippen LogP contribution is -2.40. The summed E-state index contributed by atoms with van der Waals surface area (Å²) in [6.45, 7) is 5.30. The van der Waals surface area contributed by atoms with Gasteiger partial charge in [-0.15, -0.1) is 6.58 Å². The molecule has 108 valence electrons. The van der Waals surface area contributed by atoms with E-state index in [4.69, 9.17) is 5.11 Å². The number of aryl methyl sites for hydroxylation is 1. The highest BCUT2D eigenvalue weighted by atomic mass is 16.4. The molecule has 2 N–H and O–H groups in total. The lowest BCUT2D eigenvalue weighted by molar-refractivity contribution is -0.139. The number of aliphatic carboxylic acids is 1. The Balaban J connectivity index is 2.39. The number of hydrogen-bond donors (Lipinski definition) is 2. The third kappa shape index (κ3) is 3.25. The van der Waals surface area contributed by atoms with Crippen LogP contribution in [0.25, 0.3) is 10.9 Å². The van der Waals surface area contributed by atoms with E-state index < -0.39 is 17.9 Å². The molecule has 0 aliphatic rings. The monoisotopic (exact) mass is 284 g/mol. The Hall–Kier alpha value is -2.69. The van der Waals surface area contributed by atoms with Gasteiger partial charge in [0.1, 0.15) is 6.04 Å². The Morgan fingerprint density at radius 3 is 2.81 bits per heavy atom. The number of carboxylic acid groups (broad SMARTS) is 1. The quantitative estimate of drug-likeness (QED) is 0.826. The number of rotatable bonds is 5. The summed E-state index contributed by atoms with van der Waals surface area (Å²) in [6, 6.07) is 7.94. The number of hydrogen-bond acceptors (Lipinski definition) is 3. The smallest absolute Gasteiger partial charge is 0.326 e. The molecule has 0 aliphatic carbocycles. The van der Waals surface area contributed by atoms with Crippen LogP contribution < -0.4 is 5.32 Å². The highest BCUT2D eigenvalue weighted by Gasteiger charge is 2.20. The van der Waals surface area contributed by atoms with Crippen molar-refractivity contribution >= 4 is 22.8 Å². The first-order chi connectivity index (χ1) is 10.0. The fourth-order valence-electron chi connectivity index (χ4n) is 2.12. The second kappa shape index (κ2) is 6.17. The molecule has 1 unspecified atom stereocenters. The maximum Gasteiger partial charge on any atom is 0.326 e. The van der Waals surface area contributed by atoms with Crippen LogP contribution >= 0.6 is 0 Å².